The highest BCUT2D eigenvalue weighted by molar-refractivity contribution is 7.92. The van der Waals surface area contributed by atoms with E-state index < -0.39 is 34.3 Å². The molecule has 4 rings (SSSR count). The quantitative estimate of drug-likeness (QED) is 0.394. The number of aryl methyl sites for hydroxylation is 1. The van der Waals surface area contributed by atoms with Gasteiger partial charge in [0.1, 0.15) is 31.3 Å². The first-order valence-electron chi connectivity index (χ1n) is 12.7. The summed E-state index contributed by atoms with van der Waals surface area (Å²) in [5.74, 6) is 0.676. The fraction of sp³-hybridized carbons (Fsp3) is 0.345. The van der Waals surface area contributed by atoms with Gasteiger partial charge in [0.15, 0.2) is 11.5 Å². The second kappa shape index (κ2) is 11.5. The summed E-state index contributed by atoms with van der Waals surface area (Å²) < 4.78 is 58.8. The topological polar surface area (TPSA) is 94.2 Å². The molecular weight excluding hydrogens is 523 g/mol. The first kappa shape index (κ1) is 28.2. The molecule has 1 heterocycles. The van der Waals surface area contributed by atoms with Gasteiger partial charge in [-0.15, -0.1) is 0 Å². The minimum absolute atomic E-state index is 0.0792. The number of halogens is 1. The highest BCUT2D eigenvalue weighted by atomic mass is 32.2. The van der Waals surface area contributed by atoms with Crippen molar-refractivity contribution in [1.29, 1.82) is 0 Å². The smallest absolute Gasteiger partial charge is 0.264 e. The van der Waals surface area contributed by atoms with Crippen molar-refractivity contribution in [2.75, 3.05) is 31.2 Å². The molecule has 0 saturated heterocycles. The summed E-state index contributed by atoms with van der Waals surface area (Å²) in [6.45, 7) is 8.04. The monoisotopic (exact) mass is 556 g/mol. The molecule has 0 bridgehead atoms. The predicted octanol–water partition coefficient (Wildman–Crippen LogP) is 5.11. The van der Waals surface area contributed by atoms with Crippen LogP contribution in [-0.2, 0) is 14.8 Å². The normalized spacial score (nSPS) is 13.6. The molecule has 208 valence electrons. The van der Waals surface area contributed by atoms with Crippen LogP contribution >= 0.6 is 0 Å². The minimum Gasteiger partial charge on any atom is -0.496 e. The molecule has 0 saturated carbocycles. The van der Waals surface area contributed by atoms with Crippen LogP contribution in [0.3, 0.4) is 0 Å². The summed E-state index contributed by atoms with van der Waals surface area (Å²) in [6.07, 6.45) is 0. The van der Waals surface area contributed by atoms with E-state index in [1.807, 2.05) is 26.0 Å². The number of fused-ring (bicyclic) bond motifs is 1. The fourth-order valence-corrected chi connectivity index (χ4v) is 5.98. The van der Waals surface area contributed by atoms with Gasteiger partial charge in [-0.2, -0.15) is 0 Å². The van der Waals surface area contributed by atoms with E-state index >= 15 is 0 Å². The number of benzene rings is 3. The Hall–Kier alpha value is -3.79. The van der Waals surface area contributed by atoms with Crippen LogP contribution in [0.1, 0.15) is 49.4 Å². The molecule has 1 aliphatic heterocycles. The number of hydrogen-bond acceptors (Lipinski definition) is 6. The zero-order chi connectivity index (χ0) is 28.3. The van der Waals surface area contributed by atoms with Crippen LogP contribution < -0.4 is 23.8 Å². The number of rotatable bonds is 9. The number of methoxy groups -OCH3 is 1. The average molecular weight is 557 g/mol. The third-order valence-corrected chi connectivity index (χ3v) is 8.36. The Labute approximate surface area is 228 Å². The van der Waals surface area contributed by atoms with Crippen molar-refractivity contribution in [2.24, 2.45) is 0 Å². The van der Waals surface area contributed by atoms with Gasteiger partial charge in [0, 0.05) is 6.07 Å². The number of hydrogen-bond donors (Lipinski definition) is 1. The fourth-order valence-electron chi connectivity index (χ4n) is 4.54. The molecule has 39 heavy (non-hydrogen) atoms. The largest absolute Gasteiger partial charge is 0.496 e. The van der Waals surface area contributed by atoms with Gasteiger partial charge in [-0.05, 0) is 85.0 Å². The summed E-state index contributed by atoms with van der Waals surface area (Å²) in [4.78, 5) is 13.2. The summed E-state index contributed by atoms with van der Waals surface area (Å²) in [5, 5.41) is 2.92. The number of sulfonamides is 1. The van der Waals surface area contributed by atoms with E-state index in [-0.39, 0.29) is 16.5 Å². The van der Waals surface area contributed by atoms with Crippen molar-refractivity contribution < 1.29 is 31.8 Å². The highest BCUT2D eigenvalue weighted by Crippen LogP contribution is 2.35. The van der Waals surface area contributed by atoms with E-state index in [9.17, 15) is 17.6 Å². The van der Waals surface area contributed by atoms with Crippen molar-refractivity contribution in [3.8, 4) is 17.2 Å². The number of nitrogens with zero attached hydrogens (tertiary/aromatic N) is 1. The first-order chi connectivity index (χ1) is 18.5. The second-order valence-electron chi connectivity index (χ2n) is 9.69. The Morgan fingerprint density at radius 2 is 1.67 bits per heavy atom. The number of anilines is 1. The first-order valence-corrected chi connectivity index (χ1v) is 14.1. The maximum absolute atomic E-state index is 13.8. The van der Waals surface area contributed by atoms with E-state index in [0.717, 1.165) is 38.9 Å². The number of nitrogens with one attached hydrogen (secondary N) is 1. The predicted molar refractivity (Wildman–Crippen MR) is 147 cm³/mol. The van der Waals surface area contributed by atoms with E-state index in [0.29, 0.717) is 24.7 Å². The zero-order valence-electron chi connectivity index (χ0n) is 22.7. The van der Waals surface area contributed by atoms with Crippen molar-refractivity contribution in [3.63, 3.8) is 0 Å². The van der Waals surface area contributed by atoms with Crippen LogP contribution in [0.5, 0.6) is 17.2 Å². The standard InChI is InChI=1S/C29H33FN2O6S/c1-18(2)24-16-25(19(3)14-27(24)36-5)20(4)31-29(33)17-32(22-8-6-21(30)7-9-22)39(34,35)23-10-11-26-28(15-23)38-13-12-37-26/h6-11,14-16,18,20H,12-13,17H2,1-5H3,(H,31,33). The molecule has 0 fully saturated rings. The third kappa shape index (κ3) is 6.11. The molecule has 0 aliphatic carbocycles. The Morgan fingerprint density at radius 1 is 1.00 bits per heavy atom. The van der Waals surface area contributed by atoms with Crippen LogP contribution in [0.4, 0.5) is 10.1 Å². The minimum atomic E-state index is -4.23. The Balaban J connectivity index is 1.63. The Bertz CT molecular complexity index is 1460. The summed E-state index contributed by atoms with van der Waals surface area (Å²) >= 11 is 0. The summed E-state index contributed by atoms with van der Waals surface area (Å²) in [7, 11) is -2.61. The van der Waals surface area contributed by atoms with E-state index in [4.69, 9.17) is 14.2 Å². The van der Waals surface area contributed by atoms with Gasteiger partial charge < -0.3 is 19.5 Å². The highest BCUT2D eigenvalue weighted by Gasteiger charge is 2.29. The van der Waals surface area contributed by atoms with Crippen molar-refractivity contribution >= 4 is 21.6 Å². The van der Waals surface area contributed by atoms with Gasteiger partial charge >= 0.3 is 0 Å². The van der Waals surface area contributed by atoms with Crippen LogP contribution in [0.25, 0.3) is 0 Å². The number of carbonyl (C=O) groups is 1. The maximum Gasteiger partial charge on any atom is 0.264 e. The summed E-state index contributed by atoms with van der Waals surface area (Å²) in [6, 6.07) is 12.8. The second-order valence-corrected chi connectivity index (χ2v) is 11.6. The van der Waals surface area contributed by atoms with Gasteiger partial charge in [0.25, 0.3) is 10.0 Å². The molecule has 1 atom stereocenters. The summed E-state index contributed by atoms with van der Waals surface area (Å²) in [5.41, 5.74) is 2.99. The van der Waals surface area contributed by atoms with Crippen molar-refractivity contribution in [3.05, 3.63) is 77.1 Å². The molecule has 1 N–H and O–H groups in total. The maximum atomic E-state index is 13.8. The number of amides is 1. The van der Waals surface area contributed by atoms with Crippen LogP contribution in [-0.4, -0.2) is 41.2 Å². The molecule has 1 unspecified atom stereocenters. The molecular formula is C29H33FN2O6S. The lowest BCUT2D eigenvalue weighted by Gasteiger charge is -2.26. The van der Waals surface area contributed by atoms with Gasteiger partial charge in [-0.1, -0.05) is 13.8 Å². The Kier molecular flexibility index (Phi) is 8.34. The number of carbonyl (C=O) groups excluding carboxylic acids is 1. The zero-order valence-corrected chi connectivity index (χ0v) is 23.5. The van der Waals surface area contributed by atoms with Gasteiger partial charge in [-0.25, -0.2) is 12.8 Å². The lowest BCUT2D eigenvalue weighted by Crippen LogP contribution is -2.41. The molecule has 3 aromatic rings. The van der Waals surface area contributed by atoms with Crippen LogP contribution in [0.15, 0.2) is 59.5 Å². The van der Waals surface area contributed by atoms with E-state index in [2.05, 4.69) is 19.2 Å². The molecule has 1 aliphatic rings. The van der Waals surface area contributed by atoms with Crippen molar-refractivity contribution in [1.82, 2.24) is 5.32 Å². The molecule has 0 radical (unpaired) electrons. The van der Waals surface area contributed by atoms with Crippen LogP contribution in [0.2, 0.25) is 0 Å². The van der Waals surface area contributed by atoms with Gasteiger partial charge in [-0.3, -0.25) is 9.10 Å². The van der Waals surface area contributed by atoms with Crippen LogP contribution in [0, 0.1) is 12.7 Å². The lowest BCUT2D eigenvalue weighted by molar-refractivity contribution is -0.120. The third-order valence-electron chi connectivity index (χ3n) is 6.59. The van der Waals surface area contributed by atoms with Crippen molar-refractivity contribution in [2.45, 2.75) is 44.6 Å². The lowest BCUT2D eigenvalue weighted by atomic mass is 9.93. The SMILES string of the molecule is COc1cc(C)c(C(C)NC(=O)CN(c2ccc(F)cc2)S(=O)(=O)c2ccc3c(c2)OCCO3)cc1C(C)C. The molecule has 8 nitrogen and oxygen atoms in total. The molecule has 3 aromatic carbocycles. The van der Waals surface area contributed by atoms with Gasteiger partial charge in [0.2, 0.25) is 5.91 Å². The van der Waals surface area contributed by atoms with E-state index in [1.54, 1.807) is 7.11 Å². The average Bonchev–Trinajstić information content (AvgIpc) is 2.91. The molecule has 0 aromatic heterocycles. The molecule has 10 heteroatoms. The van der Waals surface area contributed by atoms with Gasteiger partial charge in [0.05, 0.1) is 23.7 Å². The molecule has 1 amide bonds. The Morgan fingerprint density at radius 3 is 2.31 bits per heavy atom. The molecule has 0 spiro atoms. The number of ether oxygens (including phenoxy) is 3. The van der Waals surface area contributed by atoms with E-state index in [1.165, 1.54) is 30.3 Å².